The standard InChI is InChI=1S/C13H17ClN2O2.C2H6/c1-8(2)16(9(3)4)13(18)11-6-15-12(14)5-10(11)7-17;1-2/h5-9H,1-4H3;1-2H3. The summed E-state index contributed by atoms with van der Waals surface area (Å²) in [4.78, 5) is 29.0. The summed E-state index contributed by atoms with van der Waals surface area (Å²) in [6.45, 7) is 11.7. The zero-order valence-corrected chi connectivity index (χ0v) is 13.7. The molecule has 1 rings (SSSR count). The predicted molar refractivity (Wildman–Crippen MR) is 82.4 cm³/mol. The summed E-state index contributed by atoms with van der Waals surface area (Å²) in [5.41, 5.74) is 0.558. The lowest BCUT2D eigenvalue weighted by Crippen LogP contribution is -2.42. The summed E-state index contributed by atoms with van der Waals surface area (Å²) in [6.07, 6.45) is 1.98. The van der Waals surface area contributed by atoms with Gasteiger partial charge < -0.3 is 4.90 Å². The van der Waals surface area contributed by atoms with Crippen LogP contribution in [0.3, 0.4) is 0 Å². The molecular formula is C15H23ClN2O2. The highest BCUT2D eigenvalue weighted by molar-refractivity contribution is 6.29. The molecule has 0 radical (unpaired) electrons. The minimum absolute atomic E-state index is 0.0488. The molecule has 112 valence electrons. The number of aromatic nitrogens is 1. The average Bonchev–Trinajstić information content (AvgIpc) is 2.39. The number of rotatable bonds is 4. The lowest BCUT2D eigenvalue weighted by atomic mass is 10.1. The Bertz CT molecular complexity index is 451. The van der Waals surface area contributed by atoms with E-state index in [0.717, 1.165) is 0 Å². The zero-order chi connectivity index (χ0) is 15.9. The summed E-state index contributed by atoms with van der Waals surface area (Å²) in [5.74, 6) is -0.203. The van der Waals surface area contributed by atoms with Crippen LogP contribution in [-0.4, -0.2) is 34.2 Å². The third-order valence-corrected chi connectivity index (χ3v) is 2.81. The van der Waals surface area contributed by atoms with Crippen LogP contribution in [-0.2, 0) is 0 Å². The maximum absolute atomic E-state index is 12.4. The van der Waals surface area contributed by atoms with E-state index in [2.05, 4.69) is 4.98 Å². The van der Waals surface area contributed by atoms with Gasteiger partial charge in [0.15, 0.2) is 6.29 Å². The molecule has 5 heteroatoms. The molecule has 20 heavy (non-hydrogen) atoms. The van der Waals surface area contributed by atoms with Gasteiger partial charge in [0.2, 0.25) is 0 Å². The highest BCUT2D eigenvalue weighted by Gasteiger charge is 2.24. The van der Waals surface area contributed by atoms with E-state index in [0.29, 0.717) is 6.29 Å². The Morgan fingerprint density at radius 1 is 1.25 bits per heavy atom. The second kappa shape index (κ2) is 8.69. The molecule has 1 aromatic rings. The van der Waals surface area contributed by atoms with Gasteiger partial charge in [0, 0.05) is 23.8 Å². The largest absolute Gasteiger partial charge is 0.334 e. The third-order valence-electron chi connectivity index (χ3n) is 2.61. The molecule has 0 atom stereocenters. The molecule has 0 aliphatic heterocycles. The van der Waals surface area contributed by atoms with Crippen LogP contribution < -0.4 is 0 Å². The van der Waals surface area contributed by atoms with Gasteiger partial charge in [-0.2, -0.15) is 0 Å². The second-order valence-corrected chi connectivity index (χ2v) is 5.00. The van der Waals surface area contributed by atoms with Crippen molar-refractivity contribution in [3.8, 4) is 0 Å². The molecule has 0 saturated heterocycles. The van der Waals surface area contributed by atoms with Crippen molar-refractivity contribution in [3.05, 3.63) is 28.5 Å². The van der Waals surface area contributed by atoms with Crippen LogP contribution >= 0.6 is 11.6 Å². The predicted octanol–water partition coefficient (Wildman–Crippen LogP) is 3.83. The summed E-state index contributed by atoms with van der Waals surface area (Å²) in [7, 11) is 0. The molecule has 0 aliphatic rings. The number of hydrogen-bond acceptors (Lipinski definition) is 3. The number of halogens is 1. The number of aldehydes is 1. The fraction of sp³-hybridized carbons (Fsp3) is 0.533. The first-order chi connectivity index (χ1) is 9.38. The van der Waals surface area contributed by atoms with Crippen molar-refractivity contribution in [3.63, 3.8) is 0 Å². The molecule has 0 unspecified atom stereocenters. The van der Waals surface area contributed by atoms with E-state index in [1.165, 1.54) is 12.3 Å². The number of nitrogens with zero attached hydrogens (tertiary/aromatic N) is 2. The molecule has 0 bridgehead atoms. The number of amides is 1. The quantitative estimate of drug-likeness (QED) is 0.627. The maximum atomic E-state index is 12.4. The van der Waals surface area contributed by atoms with Crippen LogP contribution in [0.1, 0.15) is 62.3 Å². The molecular weight excluding hydrogens is 276 g/mol. The van der Waals surface area contributed by atoms with Crippen LogP contribution in [0, 0.1) is 0 Å². The number of hydrogen-bond donors (Lipinski definition) is 0. The Kier molecular flexibility index (Phi) is 8.07. The lowest BCUT2D eigenvalue weighted by molar-refractivity contribution is 0.0641. The molecule has 0 aromatic carbocycles. The van der Waals surface area contributed by atoms with Crippen LogP contribution in [0.15, 0.2) is 12.3 Å². The maximum Gasteiger partial charge on any atom is 0.256 e. The van der Waals surface area contributed by atoms with Crippen LogP contribution in [0.4, 0.5) is 0 Å². The first-order valence-electron chi connectivity index (χ1n) is 6.81. The van der Waals surface area contributed by atoms with Gasteiger partial charge in [-0.25, -0.2) is 4.98 Å². The van der Waals surface area contributed by atoms with Crippen LogP contribution in [0.2, 0.25) is 5.15 Å². The smallest absolute Gasteiger partial charge is 0.256 e. The number of pyridine rings is 1. The van der Waals surface area contributed by atoms with Gasteiger partial charge in [-0.05, 0) is 33.8 Å². The summed E-state index contributed by atoms with van der Waals surface area (Å²) < 4.78 is 0. The van der Waals surface area contributed by atoms with Gasteiger partial charge in [-0.15, -0.1) is 0 Å². The topological polar surface area (TPSA) is 50.3 Å². The van der Waals surface area contributed by atoms with E-state index >= 15 is 0 Å². The van der Waals surface area contributed by atoms with Gasteiger partial charge in [-0.3, -0.25) is 9.59 Å². The van der Waals surface area contributed by atoms with E-state index in [1.54, 1.807) is 4.90 Å². The van der Waals surface area contributed by atoms with E-state index < -0.39 is 0 Å². The monoisotopic (exact) mass is 298 g/mol. The van der Waals surface area contributed by atoms with E-state index in [9.17, 15) is 9.59 Å². The van der Waals surface area contributed by atoms with Crippen molar-refractivity contribution >= 4 is 23.8 Å². The Labute approximate surface area is 126 Å². The number of carbonyl (C=O) groups is 2. The highest BCUT2D eigenvalue weighted by Crippen LogP contribution is 2.17. The van der Waals surface area contributed by atoms with Gasteiger partial charge >= 0.3 is 0 Å². The molecule has 1 heterocycles. The summed E-state index contributed by atoms with van der Waals surface area (Å²) in [5, 5.41) is 0.203. The summed E-state index contributed by atoms with van der Waals surface area (Å²) >= 11 is 5.71. The van der Waals surface area contributed by atoms with Crippen molar-refractivity contribution in [1.82, 2.24) is 9.88 Å². The Morgan fingerprint density at radius 3 is 2.15 bits per heavy atom. The second-order valence-electron chi connectivity index (χ2n) is 4.61. The van der Waals surface area contributed by atoms with Gasteiger partial charge in [0.25, 0.3) is 5.91 Å². The fourth-order valence-corrected chi connectivity index (χ4v) is 2.09. The first kappa shape index (κ1) is 18.6. The molecule has 0 spiro atoms. The van der Waals surface area contributed by atoms with Gasteiger partial charge in [0.05, 0.1) is 5.56 Å². The van der Waals surface area contributed by atoms with Crippen LogP contribution in [0.25, 0.3) is 0 Å². The molecule has 4 nitrogen and oxygen atoms in total. The first-order valence-corrected chi connectivity index (χ1v) is 7.19. The molecule has 0 N–H and O–H groups in total. The summed E-state index contributed by atoms with van der Waals surface area (Å²) in [6, 6.07) is 1.50. The Balaban J connectivity index is 0.00000172. The number of carbonyl (C=O) groups excluding carboxylic acids is 2. The van der Waals surface area contributed by atoms with E-state index in [1.807, 2.05) is 41.5 Å². The normalized spacial score (nSPS) is 10.1. The van der Waals surface area contributed by atoms with Gasteiger partial charge in [-0.1, -0.05) is 25.4 Å². The molecule has 1 aromatic heterocycles. The average molecular weight is 299 g/mol. The van der Waals surface area contributed by atoms with Gasteiger partial charge in [0.1, 0.15) is 5.15 Å². The Morgan fingerprint density at radius 2 is 1.75 bits per heavy atom. The SMILES string of the molecule is CC.CC(C)N(C(=O)c1cnc(Cl)cc1C=O)C(C)C. The minimum atomic E-state index is -0.203. The van der Waals surface area contributed by atoms with Crippen molar-refractivity contribution < 1.29 is 9.59 Å². The van der Waals surface area contributed by atoms with Crippen LogP contribution in [0.5, 0.6) is 0 Å². The minimum Gasteiger partial charge on any atom is -0.334 e. The molecule has 1 amide bonds. The van der Waals surface area contributed by atoms with Crippen molar-refractivity contribution in [2.24, 2.45) is 0 Å². The highest BCUT2D eigenvalue weighted by atomic mass is 35.5. The third kappa shape index (κ3) is 4.60. The van der Waals surface area contributed by atoms with E-state index in [-0.39, 0.29) is 34.3 Å². The van der Waals surface area contributed by atoms with Crippen molar-refractivity contribution in [2.45, 2.75) is 53.6 Å². The fourth-order valence-electron chi connectivity index (χ4n) is 1.92. The van der Waals surface area contributed by atoms with E-state index in [4.69, 9.17) is 11.6 Å². The molecule has 0 saturated carbocycles. The van der Waals surface area contributed by atoms with Crippen molar-refractivity contribution in [1.29, 1.82) is 0 Å². The molecule has 0 aliphatic carbocycles. The van der Waals surface area contributed by atoms with Crippen molar-refractivity contribution in [2.75, 3.05) is 0 Å². The zero-order valence-electron chi connectivity index (χ0n) is 13.0. The molecule has 0 fully saturated rings. The lowest BCUT2D eigenvalue weighted by Gasteiger charge is -2.31. The Hall–Kier alpha value is -1.42.